The van der Waals surface area contributed by atoms with Crippen LogP contribution in [0, 0.1) is 0 Å². The lowest BCUT2D eigenvalue weighted by Crippen LogP contribution is -2.33. The molecular formula is C18H19F3N2O3. The quantitative estimate of drug-likeness (QED) is 0.717. The number of nitrogens with zero attached hydrogens (tertiary/aromatic N) is 1. The largest absolute Gasteiger partial charge is 0.476 e. The van der Waals surface area contributed by atoms with Crippen LogP contribution in [0.15, 0.2) is 36.5 Å². The first kappa shape index (κ1) is 19.7. The van der Waals surface area contributed by atoms with Crippen LogP contribution >= 0.6 is 0 Å². The first-order valence-electron chi connectivity index (χ1n) is 7.91. The summed E-state index contributed by atoms with van der Waals surface area (Å²) in [5.41, 5.74) is -2.20. The highest BCUT2D eigenvalue weighted by atomic mass is 19.4. The number of halogens is 3. The zero-order valence-electron chi connectivity index (χ0n) is 14.3. The van der Waals surface area contributed by atoms with Crippen LogP contribution in [0.1, 0.15) is 36.3 Å². The molecule has 2 rings (SSSR count). The summed E-state index contributed by atoms with van der Waals surface area (Å²) in [7, 11) is 0. The van der Waals surface area contributed by atoms with E-state index in [0.29, 0.717) is 6.42 Å². The number of anilines is 1. The highest BCUT2D eigenvalue weighted by Gasteiger charge is 2.33. The highest BCUT2D eigenvalue weighted by Crippen LogP contribution is 2.37. The fourth-order valence-corrected chi connectivity index (χ4v) is 2.31. The summed E-state index contributed by atoms with van der Waals surface area (Å²) in [5.74, 6) is -1.32. The van der Waals surface area contributed by atoms with Crippen molar-refractivity contribution in [2.75, 3.05) is 11.9 Å². The zero-order chi connectivity index (χ0) is 19.5. The zero-order valence-corrected chi connectivity index (χ0v) is 14.3. The molecule has 0 bridgehead atoms. The lowest BCUT2D eigenvalue weighted by atomic mass is 9.99. The Morgan fingerprint density at radius 2 is 1.92 bits per heavy atom. The van der Waals surface area contributed by atoms with Crippen molar-refractivity contribution in [2.45, 2.75) is 32.0 Å². The Morgan fingerprint density at radius 3 is 2.50 bits per heavy atom. The SMILES string of the molecule is CCC(C)(O)CNc1cc(-c2ccccc2C(F)(F)F)cnc1C(=O)O. The number of hydrogen-bond acceptors (Lipinski definition) is 4. The number of aromatic carboxylic acids is 1. The molecule has 1 heterocycles. The number of carboxylic acid groups (broad SMARTS) is 1. The highest BCUT2D eigenvalue weighted by molar-refractivity contribution is 5.93. The van der Waals surface area contributed by atoms with E-state index in [2.05, 4.69) is 10.3 Å². The van der Waals surface area contributed by atoms with Gasteiger partial charge >= 0.3 is 12.1 Å². The van der Waals surface area contributed by atoms with Crippen LogP contribution in [0.25, 0.3) is 11.1 Å². The number of aromatic nitrogens is 1. The molecule has 1 unspecified atom stereocenters. The van der Waals surface area contributed by atoms with E-state index in [4.69, 9.17) is 0 Å². The van der Waals surface area contributed by atoms with Gasteiger partial charge in [-0.2, -0.15) is 13.2 Å². The molecule has 5 nitrogen and oxygen atoms in total. The Morgan fingerprint density at radius 1 is 1.27 bits per heavy atom. The predicted octanol–water partition coefficient (Wildman–Crippen LogP) is 4.04. The number of rotatable bonds is 6. The van der Waals surface area contributed by atoms with Crippen molar-refractivity contribution >= 4 is 11.7 Å². The smallest absolute Gasteiger partial charge is 0.417 e. The number of aliphatic hydroxyl groups is 1. The number of carboxylic acids is 1. The fraction of sp³-hybridized carbons (Fsp3) is 0.333. The molecule has 0 fully saturated rings. The monoisotopic (exact) mass is 368 g/mol. The molecule has 8 heteroatoms. The van der Waals surface area contributed by atoms with Crippen molar-refractivity contribution in [3.05, 3.63) is 47.8 Å². The molecule has 26 heavy (non-hydrogen) atoms. The summed E-state index contributed by atoms with van der Waals surface area (Å²) in [6, 6.07) is 6.29. The van der Waals surface area contributed by atoms with Crippen LogP contribution < -0.4 is 5.32 Å². The lowest BCUT2D eigenvalue weighted by molar-refractivity contribution is -0.137. The van der Waals surface area contributed by atoms with Crippen molar-refractivity contribution in [1.29, 1.82) is 0 Å². The van der Waals surface area contributed by atoms with Crippen LogP contribution in [0.2, 0.25) is 0 Å². The fourth-order valence-electron chi connectivity index (χ4n) is 2.31. The first-order valence-corrected chi connectivity index (χ1v) is 7.91. The van der Waals surface area contributed by atoms with Gasteiger partial charge in [0.25, 0.3) is 0 Å². The van der Waals surface area contributed by atoms with Crippen molar-refractivity contribution in [3.63, 3.8) is 0 Å². The maximum atomic E-state index is 13.2. The van der Waals surface area contributed by atoms with Gasteiger partial charge in [0, 0.05) is 18.3 Å². The summed E-state index contributed by atoms with van der Waals surface area (Å²) in [6.45, 7) is 3.35. The maximum absolute atomic E-state index is 13.2. The third-order valence-electron chi connectivity index (χ3n) is 4.06. The molecule has 3 N–H and O–H groups in total. The van der Waals surface area contributed by atoms with Gasteiger partial charge in [-0.15, -0.1) is 0 Å². The minimum atomic E-state index is -4.55. The van der Waals surface area contributed by atoms with Gasteiger partial charge in [0.1, 0.15) is 0 Å². The topological polar surface area (TPSA) is 82.5 Å². The van der Waals surface area contributed by atoms with E-state index in [1.54, 1.807) is 13.8 Å². The third-order valence-corrected chi connectivity index (χ3v) is 4.06. The molecular weight excluding hydrogens is 349 g/mol. The van der Waals surface area contributed by atoms with Gasteiger partial charge in [0.15, 0.2) is 5.69 Å². The van der Waals surface area contributed by atoms with Gasteiger partial charge in [0.2, 0.25) is 0 Å². The minimum Gasteiger partial charge on any atom is -0.476 e. The van der Waals surface area contributed by atoms with Gasteiger partial charge in [-0.1, -0.05) is 25.1 Å². The standard InChI is InChI=1S/C18H19F3N2O3/c1-3-17(2,26)10-23-14-8-11(9-22-15(14)16(24)25)12-6-4-5-7-13(12)18(19,20)21/h4-9,23,26H,3,10H2,1-2H3,(H,24,25). The second-order valence-electron chi connectivity index (χ2n) is 6.17. The molecule has 2 aromatic rings. The molecule has 0 saturated carbocycles. The van der Waals surface area contributed by atoms with Gasteiger partial charge in [-0.05, 0) is 31.0 Å². The first-order chi connectivity index (χ1) is 12.0. The average Bonchev–Trinajstić information content (AvgIpc) is 2.59. The summed E-state index contributed by atoms with van der Waals surface area (Å²) >= 11 is 0. The van der Waals surface area contributed by atoms with Crippen molar-refractivity contribution in [3.8, 4) is 11.1 Å². The number of alkyl halides is 3. The molecule has 0 aliphatic rings. The Bertz CT molecular complexity index is 805. The van der Waals surface area contributed by atoms with Crippen LogP contribution in [-0.4, -0.2) is 33.3 Å². The summed E-state index contributed by atoms with van der Waals surface area (Å²) in [4.78, 5) is 15.1. The molecule has 0 aliphatic heterocycles. The Kier molecular flexibility index (Phi) is 5.56. The van der Waals surface area contributed by atoms with Crippen molar-refractivity contribution in [2.24, 2.45) is 0 Å². The second kappa shape index (κ2) is 7.33. The van der Waals surface area contributed by atoms with Crippen molar-refractivity contribution < 1.29 is 28.2 Å². The maximum Gasteiger partial charge on any atom is 0.417 e. The molecule has 0 aliphatic carbocycles. The Labute approximate surface area is 148 Å². The number of carbonyl (C=O) groups is 1. The molecule has 140 valence electrons. The van der Waals surface area contributed by atoms with Gasteiger partial charge < -0.3 is 15.5 Å². The van der Waals surface area contributed by atoms with Crippen LogP contribution in [-0.2, 0) is 6.18 Å². The van der Waals surface area contributed by atoms with Gasteiger partial charge in [0.05, 0.1) is 16.9 Å². The number of hydrogen-bond donors (Lipinski definition) is 3. The lowest BCUT2D eigenvalue weighted by Gasteiger charge is -2.23. The summed E-state index contributed by atoms with van der Waals surface area (Å²) in [5, 5.41) is 22.1. The third kappa shape index (κ3) is 4.51. The number of pyridine rings is 1. The van der Waals surface area contributed by atoms with Gasteiger partial charge in [-0.25, -0.2) is 9.78 Å². The van der Waals surface area contributed by atoms with E-state index < -0.39 is 23.3 Å². The Hall–Kier alpha value is -2.61. The molecule has 0 saturated heterocycles. The van der Waals surface area contributed by atoms with E-state index in [1.165, 1.54) is 24.3 Å². The van der Waals surface area contributed by atoms with E-state index in [-0.39, 0.29) is 29.1 Å². The van der Waals surface area contributed by atoms with E-state index in [0.717, 1.165) is 12.3 Å². The number of nitrogens with one attached hydrogen (secondary N) is 1. The van der Waals surface area contributed by atoms with Crippen LogP contribution in [0.4, 0.5) is 18.9 Å². The molecule has 0 amide bonds. The van der Waals surface area contributed by atoms with Gasteiger partial charge in [-0.3, -0.25) is 0 Å². The van der Waals surface area contributed by atoms with E-state index in [1.807, 2.05) is 0 Å². The van der Waals surface area contributed by atoms with E-state index >= 15 is 0 Å². The average molecular weight is 368 g/mol. The van der Waals surface area contributed by atoms with E-state index in [9.17, 15) is 28.2 Å². The normalized spacial score (nSPS) is 13.9. The molecule has 1 atom stereocenters. The summed E-state index contributed by atoms with van der Waals surface area (Å²) in [6.07, 6.45) is -3.05. The molecule has 1 aromatic heterocycles. The number of benzene rings is 1. The second-order valence-corrected chi connectivity index (χ2v) is 6.17. The van der Waals surface area contributed by atoms with Crippen LogP contribution in [0.3, 0.4) is 0 Å². The molecule has 0 spiro atoms. The summed E-state index contributed by atoms with van der Waals surface area (Å²) < 4.78 is 39.7. The molecule has 1 aromatic carbocycles. The minimum absolute atomic E-state index is 0.0236. The predicted molar refractivity (Wildman–Crippen MR) is 91.0 cm³/mol. The molecule has 0 radical (unpaired) electrons. The van der Waals surface area contributed by atoms with Crippen molar-refractivity contribution in [1.82, 2.24) is 4.98 Å². The van der Waals surface area contributed by atoms with Crippen LogP contribution in [0.5, 0.6) is 0 Å². The Balaban J connectivity index is 2.50.